The van der Waals surface area contributed by atoms with Crippen LogP contribution in [-0.2, 0) is 9.59 Å². The molecule has 0 aliphatic heterocycles. The summed E-state index contributed by atoms with van der Waals surface area (Å²) in [4.78, 5) is 37.7. The maximum Gasteiger partial charge on any atom is 0.224 e. The molecule has 1 heterocycles. The van der Waals surface area contributed by atoms with Gasteiger partial charge in [0.15, 0.2) is 5.78 Å². The summed E-state index contributed by atoms with van der Waals surface area (Å²) < 4.78 is 5.23. The van der Waals surface area contributed by atoms with E-state index in [1.807, 2.05) is 19.9 Å². The summed E-state index contributed by atoms with van der Waals surface area (Å²) >= 11 is 1.57. The Labute approximate surface area is 156 Å². The molecular formula is C19H22N2O4S. The molecule has 0 bridgehead atoms. The summed E-state index contributed by atoms with van der Waals surface area (Å²) in [5.41, 5.74) is 1.68. The van der Waals surface area contributed by atoms with E-state index >= 15 is 0 Å². The lowest BCUT2D eigenvalue weighted by molar-refractivity contribution is -0.116. The number of amides is 2. The summed E-state index contributed by atoms with van der Waals surface area (Å²) in [5, 5.41) is 5.39. The standard InChI is InChI=1S/C19H22N2O4S/c1-11-9-15(12(2)26-11)17(23)6-8-19(24)21-16-10-14(20-13(3)22)5-7-18(16)25-4/h5,7,9-10H,6,8H2,1-4H3,(H,20,22)(H,21,24). The number of carbonyl (C=O) groups is 3. The van der Waals surface area contributed by atoms with Crippen molar-refractivity contribution in [1.82, 2.24) is 0 Å². The number of ketones is 1. The Morgan fingerprint density at radius 1 is 1.08 bits per heavy atom. The molecule has 2 aromatic rings. The van der Waals surface area contributed by atoms with Gasteiger partial charge in [0.05, 0.1) is 12.8 Å². The zero-order valence-electron chi connectivity index (χ0n) is 15.3. The molecule has 0 unspecified atom stereocenters. The fourth-order valence-corrected chi connectivity index (χ4v) is 3.51. The second kappa shape index (κ2) is 8.62. The van der Waals surface area contributed by atoms with Crippen LogP contribution in [0.4, 0.5) is 11.4 Å². The Hall–Kier alpha value is -2.67. The molecule has 7 heteroatoms. The smallest absolute Gasteiger partial charge is 0.224 e. The summed E-state index contributed by atoms with van der Waals surface area (Å²) in [7, 11) is 1.49. The van der Waals surface area contributed by atoms with E-state index < -0.39 is 0 Å². The maximum absolute atomic E-state index is 12.3. The van der Waals surface area contributed by atoms with Gasteiger partial charge in [0, 0.05) is 40.8 Å². The highest BCUT2D eigenvalue weighted by Crippen LogP contribution is 2.28. The Kier molecular flexibility index (Phi) is 6.52. The highest BCUT2D eigenvalue weighted by molar-refractivity contribution is 7.12. The number of ether oxygens (including phenoxy) is 1. The van der Waals surface area contributed by atoms with E-state index in [-0.39, 0.29) is 30.4 Å². The van der Waals surface area contributed by atoms with Crippen molar-refractivity contribution in [3.8, 4) is 5.75 Å². The van der Waals surface area contributed by atoms with Crippen LogP contribution in [0.25, 0.3) is 0 Å². The van der Waals surface area contributed by atoms with Crippen molar-refractivity contribution in [2.75, 3.05) is 17.7 Å². The molecule has 0 aliphatic rings. The summed E-state index contributed by atoms with van der Waals surface area (Å²) in [5.74, 6) is -0.0651. The molecule has 2 amide bonds. The summed E-state index contributed by atoms with van der Waals surface area (Å²) in [6.07, 6.45) is 0.206. The van der Waals surface area contributed by atoms with E-state index in [4.69, 9.17) is 4.74 Å². The third kappa shape index (κ3) is 5.16. The molecule has 26 heavy (non-hydrogen) atoms. The molecule has 0 radical (unpaired) electrons. The average molecular weight is 374 g/mol. The largest absolute Gasteiger partial charge is 0.495 e. The van der Waals surface area contributed by atoms with Crippen LogP contribution in [0, 0.1) is 13.8 Å². The van der Waals surface area contributed by atoms with Gasteiger partial charge in [-0.15, -0.1) is 11.3 Å². The topological polar surface area (TPSA) is 84.5 Å². The number of methoxy groups -OCH3 is 1. The number of nitrogens with one attached hydrogen (secondary N) is 2. The van der Waals surface area contributed by atoms with Gasteiger partial charge < -0.3 is 15.4 Å². The molecule has 0 fully saturated rings. The fourth-order valence-electron chi connectivity index (χ4n) is 2.57. The third-order valence-electron chi connectivity index (χ3n) is 3.71. The van der Waals surface area contributed by atoms with Gasteiger partial charge in [-0.05, 0) is 38.1 Å². The van der Waals surface area contributed by atoms with Gasteiger partial charge in [0.1, 0.15) is 5.75 Å². The van der Waals surface area contributed by atoms with Gasteiger partial charge in [0.2, 0.25) is 11.8 Å². The van der Waals surface area contributed by atoms with Crippen molar-refractivity contribution in [3.05, 3.63) is 39.6 Å². The van der Waals surface area contributed by atoms with Crippen molar-refractivity contribution in [1.29, 1.82) is 0 Å². The number of aryl methyl sites for hydroxylation is 2. The van der Waals surface area contributed by atoms with E-state index in [2.05, 4.69) is 10.6 Å². The number of thiophene rings is 1. The van der Waals surface area contributed by atoms with E-state index in [9.17, 15) is 14.4 Å². The lowest BCUT2D eigenvalue weighted by atomic mass is 10.1. The van der Waals surface area contributed by atoms with Crippen LogP contribution >= 0.6 is 11.3 Å². The van der Waals surface area contributed by atoms with Gasteiger partial charge in [-0.2, -0.15) is 0 Å². The number of hydrogen-bond acceptors (Lipinski definition) is 5. The molecule has 0 aliphatic carbocycles. The molecule has 0 saturated heterocycles. The quantitative estimate of drug-likeness (QED) is 0.719. The number of carbonyl (C=O) groups excluding carboxylic acids is 3. The second-order valence-electron chi connectivity index (χ2n) is 5.89. The van der Waals surface area contributed by atoms with Crippen LogP contribution in [0.1, 0.15) is 39.9 Å². The first kappa shape index (κ1) is 19.7. The first-order valence-electron chi connectivity index (χ1n) is 8.16. The molecule has 6 nitrogen and oxygen atoms in total. The summed E-state index contributed by atoms with van der Waals surface area (Å²) in [6.45, 7) is 5.26. The molecule has 138 valence electrons. The van der Waals surface area contributed by atoms with Crippen LogP contribution in [-0.4, -0.2) is 24.7 Å². The van der Waals surface area contributed by atoms with Crippen LogP contribution in [0.3, 0.4) is 0 Å². The first-order chi connectivity index (χ1) is 12.3. The van der Waals surface area contributed by atoms with Gasteiger partial charge >= 0.3 is 0 Å². The highest BCUT2D eigenvalue weighted by Gasteiger charge is 2.15. The van der Waals surface area contributed by atoms with Crippen LogP contribution in [0.5, 0.6) is 5.75 Å². The van der Waals surface area contributed by atoms with Crippen molar-refractivity contribution >= 4 is 40.3 Å². The first-order valence-corrected chi connectivity index (χ1v) is 8.97. The number of benzene rings is 1. The Morgan fingerprint density at radius 3 is 2.38 bits per heavy atom. The lowest BCUT2D eigenvalue weighted by Crippen LogP contribution is -2.15. The van der Waals surface area contributed by atoms with Gasteiger partial charge in [-0.1, -0.05) is 0 Å². The molecule has 0 atom stereocenters. The number of rotatable bonds is 7. The molecule has 1 aromatic heterocycles. The number of anilines is 2. The van der Waals surface area contributed by atoms with Gasteiger partial charge in [-0.3, -0.25) is 14.4 Å². The number of hydrogen-bond donors (Lipinski definition) is 2. The minimum Gasteiger partial charge on any atom is -0.495 e. The van der Waals surface area contributed by atoms with E-state index in [1.165, 1.54) is 14.0 Å². The van der Waals surface area contributed by atoms with Crippen molar-refractivity contribution < 1.29 is 19.1 Å². The highest BCUT2D eigenvalue weighted by atomic mass is 32.1. The lowest BCUT2D eigenvalue weighted by Gasteiger charge is -2.12. The van der Waals surface area contributed by atoms with Gasteiger partial charge in [0.25, 0.3) is 0 Å². The predicted molar refractivity (Wildman–Crippen MR) is 103 cm³/mol. The second-order valence-corrected chi connectivity index (χ2v) is 7.35. The maximum atomic E-state index is 12.3. The van der Waals surface area contributed by atoms with E-state index in [1.54, 1.807) is 29.5 Å². The molecular weight excluding hydrogens is 352 g/mol. The van der Waals surface area contributed by atoms with Crippen LogP contribution < -0.4 is 15.4 Å². The third-order valence-corrected chi connectivity index (χ3v) is 4.68. The predicted octanol–water partition coefficient (Wildman–Crippen LogP) is 3.93. The Bertz CT molecular complexity index is 842. The van der Waals surface area contributed by atoms with Crippen molar-refractivity contribution in [3.63, 3.8) is 0 Å². The average Bonchev–Trinajstić information content (AvgIpc) is 2.91. The van der Waals surface area contributed by atoms with Crippen LogP contribution in [0.15, 0.2) is 24.3 Å². The minimum absolute atomic E-state index is 0.0408. The monoisotopic (exact) mass is 374 g/mol. The molecule has 0 saturated carbocycles. The normalized spacial score (nSPS) is 10.3. The molecule has 2 rings (SSSR count). The zero-order valence-corrected chi connectivity index (χ0v) is 16.1. The van der Waals surface area contributed by atoms with E-state index in [0.29, 0.717) is 22.7 Å². The summed E-state index contributed by atoms with van der Waals surface area (Å²) in [6, 6.07) is 6.82. The van der Waals surface area contributed by atoms with Crippen molar-refractivity contribution in [2.24, 2.45) is 0 Å². The molecule has 1 aromatic carbocycles. The molecule has 0 spiro atoms. The Morgan fingerprint density at radius 2 is 1.81 bits per heavy atom. The zero-order chi connectivity index (χ0) is 19.3. The molecule has 2 N–H and O–H groups in total. The number of Topliss-reactive ketones (excluding diaryl/α,β-unsaturated/α-hetero) is 1. The Balaban J connectivity index is 2.01. The fraction of sp³-hybridized carbons (Fsp3) is 0.316. The van der Waals surface area contributed by atoms with Crippen molar-refractivity contribution in [2.45, 2.75) is 33.6 Å². The SMILES string of the molecule is COc1ccc(NC(C)=O)cc1NC(=O)CCC(=O)c1cc(C)sc1C. The van der Waals surface area contributed by atoms with Gasteiger partial charge in [-0.25, -0.2) is 0 Å². The van der Waals surface area contributed by atoms with Crippen LogP contribution in [0.2, 0.25) is 0 Å². The van der Waals surface area contributed by atoms with E-state index in [0.717, 1.165) is 9.75 Å². The minimum atomic E-state index is -0.291.